The fourth-order valence-electron chi connectivity index (χ4n) is 2.12. The molecule has 18 heavy (non-hydrogen) atoms. The quantitative estimate of drug-likeness (QED) is 0.833. The van der Waals surface area contributed by atoms with Crippen LogP contribution in [0.4, 0.5) is 0 Å². The lowest BCUT2D eigenvalue weighted by Crippen LogP contribution is -2.11. The number of para-hydroxylation sites is 1. The summed E-state index contributed by atoms with van der Waals surface area (Å²) in [4.78, 5) is 0. The first-order valence-electron chi connectivity index (χ1n) is 5.93. The molecule has 2 nitrogen and oxygen atoms in total. The van der Waals surface area contributed by atoms with Crippen LogP contribution in [-0.2, 0) is 0 Å². The molecule has 0 saturated carbocycles. The second kappa shape index (κ2) is 4.91. The third-order valence-corrected chi connectivity index (χ3v) is 3.28. The molecule has 0 aliphatic carbocycles. The topological polar surface area (TPSA) is 18.5 Å². The van der Waals surface area contributed by atoms with Gasteiger partial charge in [-0.05, 0) is 24.3 Å². The van der Waals surface area contributed by atoms with Crippen LogP contribution in [0.25, 0.3) is 0 Å². The monoisotopic (exact) mass is 260 g/mol. The molecule has 1 aliphatic rings. The van der Waals surface area contributed by atoms with Gasteiger partial charge in [0.05, 0.1) is 19.1 Å². The van der Waals surface area contributed by atoms with E-state index in [1.165, 1.54) is 5.56 Å². The number of benzene rings is 2. The van der Waals surface area contributed by atoms with Gasteiger partial charge >= 0.3 is 0 Å². The second-order valence-electron chi connectivity index (χ2n) is 4.31. The van der Waals surface area contributed by atoms with E-state index in [2.05, 4.69) is 6.07 Å². The van der Waals surface area contributed by atoms with Crippen LogP contribution in [0.3, 0.4) is 0 Å². The molecule has 0 saturated heterocycles. The van der Waals surface area contributed by atoms with Crippen LogP contribution in [0.15, 0.2) is 48.5 Å². The van der Waals surface area contributed by atoms with Crippen molar-refractivity contribution in [1.29, 1.82) is 0 Å². The average molecular weight is 261 g/mol. The Morgan fingerprint density at radius 2 is 2.06 bits per heavy atom. The third-order valence-electron chi connectivity index (χ3n) is 3.05. The summed E-state index contributed by atoms with van der Waals surface area (Å²) in [5.41, 5.74) is 1.22. The maximum atomic E-state index is 5.92. The molecule has 1 atom stereocenters. The number of ether oxygens (including phenoxy) is 2. The van der Waals surface area contributed by atoms with Crippen LogP contribution >= 0.6 is 11.6 Å². The van der Waals surface area contributed by atoms with Crippen molar-refractivity contribution < 1.29 is 9.47 Å². The Hall–Kier alpha value is -1.67. The molecule has 3 heteroatoms. The molecule has 2 aromatic rings. The summed E-state index contributed by atoms with van der Waals surface area (Å²) in [6.07, 6.45) is 0. The van der Waals surface area contributed by atoms with Gasteiger partial charge in [0.15, 0.2) is 0 Å². The Labute approximate surface area is 111 Å². The molecule has 0 fully saturated rings. The van der Waals surface area contributed by atoms with E-state index in [0.717, 1.165) is 11.5 Å². The number of rotatable bonds is 3. The van der Waals surface area contributed by atoms with Gasteiger partial charge in [0.2, 0.25) is 0 Å². The van der Waals surface area contributed by atoms with Gasteiger partial charge in [0.25, 0.3) is 0 Å². The number of hydrogen-bond acceptors (Lipinski definition) is 2. The third kappa shape index (κ3) is 2.29. The van der Waals surface area contributed by atoms with Gasteiger partial charge in [0, 0.05) is 10.6 Å². The summed E-state index contributed by atoms with van der Waals surface area (Å²) in [6, 6.07) is 15.6. The highest BCUT2D eigenvalue weighted by molar-refractivity contribution is 6.30. The molecule has 0 aromatic heterocycles. The zero-order valence-electron chi connectivity index (χ0n) is 9.80. The minimum absolute atomic E-state index is 0.292. The first-order valence-corrected chi connectivity index (χ1v) is 6.31. The molecule has 1 aliphatic heterocycles. The van der Waals surface area contributed by atoms with Crippen molar-refractivity contribution in [1.82, 2.24) is 0 Å². The van der Waals surface area contributed by atoms with Crippen molar-refractivity contribution in [3.8, 4) is 11.5 Å². The lowest BCUT2D eigenvalue weighted by molar-refractivity contribution is 0.248. The van der Waals surface area contributed by atoms with Crippen molar-refractivity contribution in [3.05, 3.63) is 59.1 Å². The van der Waals surface area contributed by atoms with Crippen molar-refractivity contribution in [2.45, 2.75) is 5.92 Å². The van der Waals surface area contributed by atoms with E-state index >= 15 is 0 Å². The van der Waals surface area contributed by atoms with Gasteiger partial charge in [-0.2, -0.15) is 0 Å². The van der Waals surface area contributed by atoms with Gasteiger partial charge < -0.3 is 9.47 Å². The van der Waals surface area contributed by atoms with E-state index in [1.54, 1.807) is 0 Å². The van der Waals surface area contributed by atoms with Crippen LogP contribution in [0.5, 0.6) is 11.5 Å². The molecular formula is C15H13ClO2. The molecule has 92 valence electrons. The van der Waals surface area contributed by atoms with Crippen molar-refractivity contribution in [2.24, 2.45) is 0 Å². The zero-order valence-corrected chi connectivity index (χ0v) is 10.6. The summed E-state index contributed by atoms with van der Waals surface area (Å²) in [5, 5.41) is 0.690. The van der Waals surface area contributed by atoms with Crippen LogP contribution in [0.1, 0.15) is 11.5 Å². The molecule has 0 amide bonds. The molecule has 0 radical (unpaired) electrons. The Morgan fingerprint density at radius 1 is 1.17 bits per heavy atom. The summed E-state index contributed by atoms with van der Waals surface area (Å²) in [5.74, 6) is 2.06. The van der Waals surface area contributed by atoms with Crippen LogP contribution in [0, 0.1) is 0 Å². The van der Waals surface area contributed by atoms with Crippen LogP contribution in [-0.4, -0.2) is 13.2 Å². The van der Waals surface area contributed by atoms with E-state index in [4.69, 9.17) is 21.1 Å². The summed E-state index contributed by atoms with van der Waals surface area (Å²) >= 11 is 5.92. The maximum absolute atomic E-state index is 5.92. The van der Waals surface area contributed by atoms with Crippen LogP contribution in [0.2, 0.25) is 5.02 Å². The summed E-state index contributed by atoms with van der Waals surface area (Å²) < 4.78 is 11.4. The minimum atomic E-state index is 0.292. The SMILES string of the molecule is Clc1cccc(OCC2COc3ccccc32)c1. The first kappa shape index (κ1) is 11.4. The molecule has 3 rings (SSSR count). The minimum Gasteiger partial charge on any atom is -0.493 e. The van der Waals surface area contributed by atoms with Gasteiger partial charge in [-0.1, -0.05) is 35.9 Å². The largest absolute Gasteiger partial charge is 0.493 e. The Kier molecular flexibility index (Phi) is 3.11. The lowest BCUT2D eigenvalue weighted by Gasteiger charge is -2.11. The summed E-state index contributed by atoms with van der Waals surface area (Å²) in [6.45, 7) is 1.29. The van der Waals surface area contributed by atoms with Crippen molar-refractivity contribution >= 4 is 11.6 Å². The standard InChI is InChI=1S/C15H13ClO2/c16-12-4-3-5-13(8-12)17-9-11-10-18-15-7-2-1-6-14(11)15/h1-8,11H,9-10H2. The zero-order chi connectivity index (χ0) is 12.4. The highest BCUT2D eigenvalue weighted by Crippen LogP contribution is 2.33. The predicted octanol–water partition coefficient (Wildman–Crippen LogP) is 3.90. The normalized spacial score (nSPS) is 17.1. The molecule has 1 heterocycles. The first-order chi connectivity index (χ1) is 8.83. The molecular weight excluding hydrogens is 248 g/mol. The Balaban J connectivity index is 1.69. The molecule has 0 spiro atoms. The van der Waals surface area contributed by atoms with Gasteiger partial charge in [-0.25, -0.2) is 0 Å². The number of halogens is 1. The predicted molar refractivity (Wildman–Crippen MR) is 71.6 cm³/mol. The second-order valence-corrected chi connectivity index (χ2v) is 4.75. The van der Waals surface area contributed by atoms with E-state index < -0.39 is 0 Å². The highest BCUT2D eigenvalue weighted by Gasteiger charge is 2.24. The fourth-order valence-corrected chi connectivity index (χ4v) is 2.30. The van der Waals surface area contributed by atoms with Gasteiger partial charge in [-0.15, -0.1) is 0 Å². The van der Waals surface area contributed by atoms with Gasteiger partial charge in [-0.3, -0.25) is 0 Å². The maximum Gasteiger partial charge on any atom is 0.123 e. The smallest absolute Gasteiger partial charge is 0.123 e. The Morgan fingerprint density at radius 3 is 2.94 bits per heavy atom. The van der Waals surface area contributed by atoms with Crippen molar-refractivity contribution in [3.63, 3.8) is 0 Å². The summed E-state index contributed by atoms with van der Waals surface area (Å²) in [7, 11) is 0. The number of fused-ring (bicyclic) bond motifs is 1. The molecule has 0 N–H and O–H groups in total. The highest BCUT2D eigenvalue weighted by atomic mass is 35.5. The van der Waals surface area contributed by atoms with Crippen molar-refractivity contribution in [2.75, 3.05) is 13.2 Å². The molecule has 2 aromatic carbocycles. The Bertz CT molecular complexity index is 554. The lowest BCUT2D eigenvalue weighted by atomic mass is 10.0. The molecule has 1 unspecified atom stereocenters. The van der Waals surface area contributed by atoms with Crippen LogP contribution < -0.4 is 9.47 Å². The van der Waals surface area contributed by atoms with E-state index in [1.807, 2.05) is 42.5 Å². The van der Waals surface area contributed by atoms with E-state index in [-0.39, 0.29) is 0 Å². The average Bonchev–Trinajstić information content (AvgIpc) is 2.80. The van der Waals surface area contributed by atoms with E-state index in [9.17, 15) is 0 Å². The van der Waals surface area contributed by atoms with Gasteiger partial charge in [0.1, 0.15) is 11.5 Å². The van der Waals surface area contributed by atoms with E-state index in [0.29, 0.717) is 24.2 Å². The fraction of sp³-hybridized carbons (Fsp3) is 0.200. The number of hydrogen-bond donors (Lipinski definition) is 0. The molecule has 0 bridgehead atoms.